The Labute approximate surface area is 375 Å². The SMILES string of the molecule is CC1(C)c2cc(N(c3ccc(C4CCCCC4)cc3)c3ccc(S(c4ccccc4)(c4ccccc4)c4ccccc4)cc3)ccc2-c2c(-c3ccc4ccccc4c3)cccc21. The Hall–Kier alpha value is -6.61. The minimum absolute atomic E-state index is 0.183. The van der Waals surface area contributed by atoms with E-state index in [1.54, 1.807) is 0 Å². The van der Waals surface area contributed by atoms with Gasteiger partial charge in [-0.05, 0) is 159 Å². The minimum atomic E-state index is -1.81. The van der Waals surface area contributed by atoms with Gasteiger partial charge in [0.15, 0.2) is 0 Å². The molecule has 0 atom stereocenters. The van der Waals surface area contributed by atoms with E-state index in [4.69, 9.17) is 0 Å². The molecule has 0 bridgehead atoms. The van der Waals surface area contributed by atoms with E-state index in [-0.39, 0.29) is 5.41 Å². The van der Waals surface area contributed by atoms with Crippen LogP contribution in [0.25, 0.3) is 33.0 Å². The molecule has 11 rings (SSSR count). The number of rotatable bonds is 9. The smallest absolute Gasteiger partial charge is 0.0465 e. The van der Waals surface area contributed by atoms with Crippen molar-refractivity contribution in [2.45, 2.75) is 76.9 Å². The van der Waals surface area contributed by atoms with E-state index in [9.17, 15) is 0 Å². The molecule has 0 saturated heterocycles. The monoisotopic (exact) mass is 831 g/mol. The molecule has 0 spiro atoms. The molecular weight excluding hydrogens is 779 g/mol. The molecule has 0 aliphatic heterocycles. The fourth-order valence-corrected chi connectivity index (χ4v) is 14.7. The van der Waals surface area contributed by atoms with Gasteiger partial charge in [0.05, 0.1) is 0 Å². The lowest BCUT2D eigenvalue weighted by atomic mass is 9.81. The zero-order chi connectivity index (χ0) is 42.4. The first-order valence-corrected chi connectivity index (χ1v) is 24.4. The highest BCUT2D eigenvalue weighted by Gasteiger charge is 2.38. The molecular formula is C61H53NS. The van der Waals surface area contributed by atoms with Crippen molar-refractivity contribution in [1.82, 2.24) is 0 Å². The maximum atomic E-state index is 2.49. The third-order valence-corrected chi connectivity index (χ3v) is 17.9. The predicted octanol–water partition coefficient (Wildman–Crippen LogP) is 17.7. The summed E-state index contributed by atoms with van der Waals surface area (Å²) < 4.78 is 0. The van der Waals surface area contributed by atoms with E-state index in [1.165, 1.54) is 113 Å². The van der Waals surface area contributed by atoms with Gasteiger partial charge >= 0.3 is 0 Å². The van der Waals surface area contributed by atoms with E-state index >= 15 is 0 Å². The van der Waals surface area contributed by atoms with Crippen molar-refractivity contribution in [3.05, 3.63) is 235 Å². The second-order valence-corrected chi connectivity index (χ2v) is 21.1. The Balaban J connectivity index is 1.06. The Morgan fingerprint density at radius 2 is 0.952 bits per heavy atom. The first-order valence-electron chi connectivity index (χ1n) is 22.8. The average molecular weight is 832 g/mol. The Kier molecular flexibility index (Phi) is 10.1. The van der Waals surface area contributed by atoms with Crippen molar-refractivity contribution in [2.75, 3.05) is 4.90 Å². The van der Waals surface area contributed by atoms with E-state index < -0.39 is 10.0 Å². The second-order valence-electron chi connectivity index (χ2n) is 18.0. The summed E-state index contributed by atoms with van der Waals surface area (Å²) in [6.07, 6.45) is 6.61. The van der Waals surface area contributed by atoms with E-state index in [2.05, 4.69) is 237 Å². The van der Waals surface area contributed by atoms with Crippen LogP contribution in [0.1, 0.15) is 68.6 Å². The zero-order valence-corrected chi connectivity index (χ0v) is 37.1. The first-order chi connectivity index (χ1) is 31.0. The molecule has 2 aliphatic rings. The normalized spacial score (nSPS) is 14.8. The van der Waals surface area contributed by atoms with Crippen molar-refractivity contribution < 1.29 is 0 Å². The van der Waals surface area contributed by atoms with Gasteiger partial charge in [-0.25, -0.2) is 0 Å². The number of anilines is 3. The second kappa shape index (κ2) is 16.3. The van der Waals surface area contributed by atoms with E-state index in [0.717, 1.165) is 5.69 Å². The summed E-state index contributed by atoms with van der Waals surface area (Å²) in [5, 5.41) is 2.54. The number of hydrogen-bond acceptors (Lipinski definition) is 1. The van der Waals surface area contributed by atoms with Gasteiger partial charge in [-0.2, -0.15) is 0 Å². The molecule has 1 saturated carbocycles. The van der Waals surface area contributed by atoms with Crippen LogP contribution in [-0.4, -0.2) is 0 Å². The lowest BCUT2D eigenvalue weighted by molar-refractivity contribution is 0.443. The van der Waals surface area contributed by atoms with Crippen LogP contribution >= 0.6 is 10.0 Å². The summed E-state index contributed by atoms with van der Waals surface area (Å²) in [6, 6.07) is 82.3. The number of fused-ring (bicyclic) bond motifs is 4. The molecule has 308 valence electrons. The zero-order valence-electron chi connectivity index (χ0n) is 36.3. The van der Waals surface area contributed by atoms with E-state index in [1.807, 2.05) is 0 Å². The maximum Gasteiger partial charge on any atom is 0.0465 e. The molecule has 0 heterocycles. The number of hydrogen-bond donors (Lipinski definition) is 0. The van der Waals surface area contributed by atoms with Gasteiger partial charge in [-0.3, -0.25) is 0 Å². The molecule has 1 fully saturated rings. The number of benzene rings is 9. The molecule has 0 aromatic heterocycles. The maximum absolute atomic E-state index is 2.49. The fraction of sp³-hybridized carbons (Fsp3) is 0.148. The summed E-state index contributed by atoms with van der Waals surface area (Å²) in [6.45, 7) is 4.81. The Bertz CT molecular complexity index is 2940. The lowest BCUT2D eigenvalue weighted by Crippen LogP contribution is -2.16. The quantitative estimate of drug-likeness (QED) is 0.140. The molecule has 0 N–H and O–H groups in total. The van der Waals surface area contributed by atoms with Crippen LogP contribution in [0.2, 0.25) is 0 Å². The standard InChI is InChI=1S/C61H53NS/c1-61(2)58-29-17-28-56(48-31-30-45-20-15-16-21-47(45)42-48)60(58)57-41-38-51(43-59(57)61)62(49-34-32-46(33-35-49)44-18-7-3-8-19-44)50-36-39-55(40-37-50)63(52-22-9-4-10-23-52,53-24-11-5-12-25-53)54-26-13-6-14-27-54/h4-6,9-17,20-44H,3,7-8,18-19H2,1-2H3. The molecule has 0 unspecified atom stereocenters. The van der Waals surface area contributed by atoms with Gasteiger partial charge in [-0.1, -0.05) is 161 Å². The van der Waals surface area contributed by atoms with E-state index in [0.29, 0.717) is 5.92 Å². The topological polar surface area (TPSA) is 3.24 Å². The van der Waals surface area contributed by atoms with Gasteiger partial charge in [-0.15, -0.1) is 10.0 Å². The van der Waals surface area contributed by atoms with Crippen LogP contribution in [0.3, 0.4) is 0 Å². The van der Waals surface area contributed by atoms with Crippen molar-refractivity contribution in [3.63, 3.8) is 0 Å². The van der Waals surface area contributed by atoms with Gasteiger partial charge in [0.25, 0.3) is 0 Å². The Morgan fingerprint density at radius 3 is 1.57 bits per heavy atom. The predicted molar refractivity (Wildman–Crippen MR) is 267 cm³/mol. The van der Waals surface area contributed by atoms with Gasteiger partial charge < -0.3 is 4.90 Å². The van der Waals surface area contributed by atoms with Crippen molar-refractivity contribution >= 4 is 37.9 Å². The molecule has 0 radical (unpaired) electrons. The van der Waals surface area contributed by atoms with Crippen LogP contribution < -0.4 is 4.90 Å². The van der Waals surface area contributed by atoms with Crippen LogP contribution in [-0.2, 0) is 5.41 Å². The summed E-state index contributed by atoms with van der Waals surface area (Å²) >= 11 is 0. The van der Waals surface area contributed by atoms with Crippen LogP contribution in [0.4, 0.5) is 17.1 Å². The minimum Gasteiger partial charge on any atom is -0.310 e. The molecule has 9 aromatic rings. The summed E-state index contributed by atoms with van der Waals surface area (Å²) in [4.78, 5) is 7.79. The van der Waals surface area contributed by atoms with Crippen LogP contribution in [0.15, 0.2) is 238 Å². The highest BCUT2D eigenvalue weighted by molar-refractivity contribution is 8.34. The van der Waals surface area contributed by atoms with Gasteiger partial charge in [0.2, 0.25) is 0 Å². The van der Waals surface area contributed by atoms with Crippen LogP contribution in [0, 0.1) is 0 Å². The van der Waals surface area contributed by atoms with Crippen molar-refractivity contribution in [1.29, 1.82) is 0 Å². The molecule has 0 amide bonds. The molecule has 63 heavy (non-hydrogen) atoms. The third-order valence-electron chi connectivity index (χ3n) is 14.0. The average Bonchev–Trinajstić information content (AvgIpc) is 3.59. The van der Waals surface area contributed by atoms with Gasteiger partial charge in [0, 0.05) is 42.1 Å². The largest absolute Gasteiger partial charge is 0.310 e. The molecule has 9 aromatic carbocycles. The first kappa shape index (κ1) is 39.3. The number of nitrogens with zero attached hydrogens (tertiary/aromatic N) is 1. The molecule has 1 nitrogen and oxygen atoms in total. The summed E-state index contributed by atoms with van der Waals surface area (Å²) in [5.74, 6) is 0.654. The lowest BCUT2D eigenvalue weighted by Gasteiger charge is -2.42. The van der Waals surface area contributed by atoms with Crippen LogP contribution in [0.5, 0.6) is 0 Å². The summed E-state index contributed by atoms with van der Waals surface area (Å²) in [5.41, 5.74) is 12.8. The molecule has 2 aliphatic carbocycles. The van der Waals surface area contributed by atoms with Crippen molar-refractivity contribution in [3.8, 4) is 22.3 Å². The van der Waals surface area contributed by atoms with Crippen molar-refractivity contribution in [2.24, 2.45) is 0 Å². The Morgan fingerprint density at radius 1 is 0.413 bits per heavy atom. The molecule has 2 heteroatoms. The highest BCUT2D eigenvalue weighted by atomic mass is 32.3. The highest BCUT2D eigenvalue weighted by Crippen LogP contribution is 2.73. The fourth-order valence-electron chi connectivity index (χ4n) is 10.8. The third kappa shape index (κ3) is 6.80. The summed E-state index contributed by atoms with van der Waals surface area (Å²) in [7, 11) is -1.81. The van der Waals surface area contributed by atoms with Gasteiger partial charge in [0.1, 0.15) is 0 Å².